The summed E-state index contributed by atoms with van der Waals surface area (Å²) < 4.78 is 2.07. The minimum Gasteiger partial charge on any atom is -0.384 e. The normalized spacial score (nSPS) is 17.3. The summed E-state index contributed by atoms with van der Waals surface area (Å²) in [5.41, 5.74) is 6.42. The largest absolute Gasteiger partial charge is 0.384 e. The molecule has 0 radical (unpaired) electrons. The van der Waals surface area contributed by atoms with Crippen LogP contribution in [0.5, 0.6) is 0 Å². The van der Waals surface area contributed by atoms with Gasteiger partial charge in [0.2, 0.25) is 0 Å². The summed E-state index contributed by atoms with van der Waals surface area (Å²) in [6.45, 7) is 1.56. The zero-order chi connectivity index (χ0) is 19.8. The van der Waals surface area contributed by atoms with E-state index in [0.717, 1.165) is 55.6 Å². The van der Waals surface area contributed by atoms with E-state index in [1.54, 1.807) is 6.07 Å². The van der Waals surface area contributed by atoms with E-state index in [0.29, 0.717) is 5.69 Å². The number of nitro groups is 1. The number of hydrogen-bond donors (Lipinski definition) is 2. The number of fused-ring (bicyclic) bond motifs is 2. The molecule has 29 heavy (non-hydrogen) atoms. The Balaban J connectivity index is 1.47. The molecule has 148 valence electrons. The van der Waals surface area contributed by atoms with E-state index in [-0.39, 0.29) is 16.7 Å². The molecule has 0 saturated heterocycles. The number of anilines is 2. The Hall–Kier alpha value is -3.35. The summed E-state index contributed by atoms with van der Waals surface area (Å²) >= 11 is 0. The molecule has 1 aliphatic heterocycles. The molecule has 1 unspecified atom stereocenters. The number of nitro benzene ring substituents is 1. The standard InChI is InChI=1S/C22H23N5O2/c28-27(29)21-10-9-18-16(11-12-23-18)22(21)25-19-7-4-8-20-17(19)13-24-26(20)14-15-5-2-1-3-6-15/h1-3,5-6,9-10,13,19,23,25H,4,7-8,11-12,14H2. The molecular formula is C22H23N5O2. The van der Waals surface area contributed by atoms with Crippen molar-refractivity contribution in [1.29, 1.82) is 0 Å². The van der Waals surface area contributed by atoms with E-state index >= 15 is 0 Å². The second-order valence-electron chi connectivity index (χ2n) is 7.70. The van der Waals surface area contributed by atoms with Gasteiger partial charge >= 0.3 is 0 Å². The van der Waals surface area contributed by atoms with Gasteiger partial charge in [-0.25, -0.2) is 0 Å². The molecule has 1 aromatic heterocycles. The zero-order valence-corrected chi connectivity index (χ0v) is 16.1. The lowest BCUT2D eigenvalue weighted by Crippen LogP contribution is -2.20. The van der Waals surface area contributed by atoms with Crippen LogP contribution < -0.4 is 10.6 Å². The Morgan fingerprint density at radius 1 is 1.21 bits per heavy atom. The first-order chi connectivity index (χ1) is 14.2. The second kappa shape index (κ2) is 7.24. The summed E-state index contributed by atoms with van der Waals surface area (Å²) in [4.78, 5) is 11.4. The molecule has 2 aliphatic rings. The third kappa shape index (κ3) is 3.22. The summed E-state index contributed by atoms with van der Waals surface area (Å²) in [6.07, 6.45) is 5.69. The molecule has 7 heteroatoms. The molecular weight excluding hydrogens is 366 g/mol. The fourth-order valence-corrected chi connectivity index (χ4v) is 4.53. The van der Waals surface area contributed by atoms with Crippen molar-refractivity contribution in [2.75, 3.05) is 17.2 Å². The van der Waals surface area contributed by atoms with Crippen LogP contribution in [0.4, 0.5) is 17.1 Å². The third-order valence-electron chi connectivity index (χ3n) is 5.93. The van der Waals surface area contributed by atoms with Crippen molar-refractivity contribution in [3.05, 3.63) is 81.2 Å². The van der Waals surface area contributed by atoms with Crippen molar-refractivity contribution in [2.45, 2.75) is 38.3 Å². The maximum absolute atomic E-state index is 11.6. The maximum Gasteiger partial charge on any atom is 0.292 e. The average molecular weight is 389 g/mol. The van der Waals surface area contributed by atoms with Gasteiger partial charge in [0.25, 0.3) is 5.69 Å². The predicted molar refractivity (Wildman–Crippen MR) is 112 cm³/mol. The van der Waals surface area contributed by atoms with E-state index in [1.165, 1.54) is 11.3 Å². The fourth-order valence-electron chi connectivity index (χ4n) is 4.53. The van der Waals surface area contributed by atoms with Crippen molar-refractivity contribution in [1.82, 2.24) is 9.78 Å². The second-order valence-corrected chi connectivity index (χ2v) is 7.70. The Morgan fingerprint density at radius 2 is 2.07 bits per heavy atom. The van der Waals surface area contributed by atoms with Gasteiger partial charge in [-0.1, -0.05) is 30.3 Å². The van der Waals surface area contributed by atoms with Gasteiger partial charge in [-0.3, -0.25) is 14.8 Å². The molecule has 1 atom stereocenters. The highest BCUT2D eigenvalue weighted by atomic mass is 16.6. The van der Waals surface area contributed by atoms with Crippen molar-refractivity contribution < 1.29 is 4.92 Å². The summed E-state index contributed by atoms with van der Waals surface area (Å²) in [5.74, 6) is 0. The van der Waals surface area contributed by atoms with E-state index in [2.05, 4.69) is 32.5 Å². The number of aromatic nitrogens is 2. The van der Waals surface area contributed by atoms with E-state index in [1.807, 2.05) is 30.5 Å². The highest BCUT2D eigenvalue weighted by Crippen LogP contribution is 2.41. The molecule has 0 spiro atoms. The smallest absolute Gasteiger partial charge is 0.292 e. The van der Waals surface area contributed by atoms with Crippen LogP contribution >= 0.6 is 0 Å². The molecule has 2 N–H and O–H groups in total. The molecule has 0 fully saturated rings. The van der Waals surface area contributed by atoms with Gasteiger partial charge in [0.1, 0.15) is 5.69 Å². The van der Waals surface area contributed by atoms with Crippen molar-refractivity contribution >= 4 is 17.1 Å². The fraction of sp³-hybridized carbons (Fsp3) is 0.318. The highest BCUT2D eigenvalue weighted by molar-refractivity contribution is 5.77. The quantitative estimate of drug-likeness (QED) is 0.502. The minimum atomic E-state index is -0.288. The molecule has 7 nitrogen and oxygen atoms in total. The van der Waals surface area contributed by atoms with Crippen LogP contribution in [-0.4, -0.2) is 21.2 Å². The third-order valence-corrected chi connectivity index (χ3v) is 5.93. The first kappa shape index (κ1) is 17.7. The SMILES string of the molecule is O=[N+]([O-])c1ccc2c(c1NC1CCCc3c1cnn3Cc1ccccc1)CCN2. The lowest BCUT2D eigenvalue weighted by molar-refractivity contribution is -0.384. The molecule has 2 aromatic carbocycles. The van der Waals surface area contributed by atoms with Crippen LogP contribution in [0.3, 0.4) is 0 Å². The molecule has 1 aliphatic carbocycles. The van der Waals surface area contributed by atoms with Crippen LogP contribution in [-0.2, 0) is 19.4 Å². The Bertz CT molecular complexity index is 1060. The Labute approximate surface area is 168 Å². The van der Waals surface area contributed by atoms with Gasteiger partial charge in [-0.2, -0.15) is 5.10 Å². The van der Waals surface area contributed by atoms with E-state index in [9.17, 15) is 10.1 Å². The monoisotopic (exact) mass is 389 g/mol. The van der Waals surface area contributed by atoms with E-state index in [4.69, 9.17) is 0 Å². The lowest BCUT2D eigenvalue weighted by atomic mass is 9.92. The van der Waals surface area contributed by atoms with Gasteiger partial charge in [-0.05, 0) is 37.3 Å². The first-order valence-electron chi connectivity index (χ1n) is 10.1. The Morgan fingerprint density at radius 3 is 2.90 bits per heavy atom. The number of hydrogen-bond acceptors (Lipinski definition) is 5. The lowest BCUT2D eigenvalue weighted by Gasteiger charge is -2.26. The number of nitrogens with one attached hydrogen (secondary N) is 2. The van der Waals surface area contributed by atoms with Gasteiger partial charge in [0, 0.05) is 35.1 Å². The molecule has 5 rings (SSSR count). The van der Waals surface area contributed by atoms with Crippen molar-refractivity contribution in [2.24, 2.45) is 0 Å². The number of benzene rings is 2. The van der Waals surface area contributed by atoms with Crippen LogP contribution in [0.15, 0.2) is 48.7 Å². The molecule has 3 aromatic rings. The van der Waals surface area contributed by atoms with Crippen LogP contribution in [0.1, 0.15) is 41.3 Å². The molecule has 0 saturated carbocycles. The zero-order valence-electron chi connectivity index (χ0n) is 16.1. The molecule has 0 amide bonds. The van der Waals surface area contributed by atoms with Crippen molar-refractivity contribution in [3.8, 4) is 0 Å². The van der Waals surface area contributed by atoms with Gasteiger partial charge in [0.15, 0.2) is 0 Å². The summed E-state index contributed by atoms with van der Waals surface area (Å²) in [5, 5.41) is 23.1. The van der Waals surface area contributed by atoms with E-state index < -0.39 is 0 Å². The van der Waals surface area contributed by atoms with Crippen LogP contribution in [0, 0.1) is 10.1 Å². The average Bonchev–Trinajstić information content (AvgIpc) is 3.37. The van der Waals surface area contributed by atoms with Gasteiger partial charge in [-0.15, -0.1) is 0 Å². The van der Waals surface area contributed by atoms with Crippen molar-refractivity contribution in [3.63, 3.8) is 0 Å². The highest BCUT2D eigenvalue weighted by Gasteiger charge is 2.29. The molecule has 0 bridgehead atoms. The summed E-state index contributed by atoms with van der Waals surface area (Å²) in [6, 6.07) is 13.8. The summed E-state index contributed by atoms with van der Waals surface area (Å²) in [7, 11) is 0. The topological polar surface area (TPSA) is 85.0 Å². The van der Waals surface area contributed by atoms with Gasteiger partial charge < -0.3 is 10.6 Å². The number of rotatable bonds is 5. The minimum absolute atomic E-state index is 0.0362. The maximum atomic E-state index is 11.6. The Kier molecular flexibility index (Phi) is 4.42. The predicted octanol–water partition coefficient (Wildman–Crippen LogP) is 4.30. The van der Waals surface area contributed by atoms with Gasteiger partial charge in [0.05, 0.1) is 23.7 Å². The van der Waals surface area contributed by atoms with Crippen LogP contribution in [0.25, 0.3) is 0 Å². The number of nitrogens with zero attached hydrogens (tertiary/aromatic N) is 3. The first-order valence-corrected chi connectivity index (χ1v) is 10.1. The molecule has 2 heterocycles. The van der Waals surface area contributed by atoms with Crippen LogP contribution in [0.2, 0.25) is 0 Å².